The topological polar surface area (TPSA) is 94.5 Å². The maximum Gasteiger partial charge on any atom is 0.409 e. The molecule has 8 heteroatoms. The summed E-state index contributed by atoms with van der Waals surface area (Å²) >= 11 is 0. The Morgan fingerprint density at radius 1 is 0.532 bits per heavy atom. The van der Waals surface area contributed by atoms with E-state index >= 15 is 0 Å². The number of carbonyl (C=O) groups is 1. The van der Waals surface area contributed by atoms with E-state index in [0.29, 0.717) is 13.2 Å². The van der Waals surface area contributed by atoms with Crippen molar-refractivity contribution in [3.05, 3.63) is 0 Å². The average molecular weight is 880 g/mol. The Balaban J connectivity index is 2.33. The van der Waals surface area contributed by atoms with Gasteiger partial charge < -0.3 is 34.8 Å². The quantitative estimate of drug-likeness (QED) is 0.0415. The number of aliphatic hydroxyl groups is 2. The lowest BCUT2D eigenvalue weighted by molar-refractivity contribution is -0.136. The molecular formula is C54H109N3O5. The molecule has 62 heavy (non-hydrogen) atoms. The molecule has 4 atom stereocenters. The van der Waals surface area contributed by atoms with Gasteiger partial charge >= 0.3 is 6.09 Å². The Morgan fingerprint density at radius 3 is 1.58 bits per heavy atom. The van der Waals surface area contributed by atoms with Crippen LogP contribution in [0.2, 0.25) is 0 Å². The highest BCUT2D eigenvalue weighted by molar-refractivity contribution is 5.67. The zero-order valence-corrected chi connectivity index (χ0v) is 42.1. The lowest BCUT2D eigenvalue weighted by atomic mass is 9.80. The molecule has 0 saturated carbocycles. The van der Waals surface area contributed by atoms with Crippen molar-refractivity contribution in [3.8, 4) is 0 Å². The van der Waals surface area contributed by atoms with E-state index in [9.17, 15) is 15.0 Å². The summed E-state index contributed by atoms with van der Waals surface area (Å²) in [5.41, 5.74) is 0. The van der Waals surface area contributed by atoms with Gasteiger partial charge in [0.15, 0.2) is 6.29 Å². The van der Waals surface area contributed by atoms with Crippen LogP contribution in [0.15, 0.2) is 0 Å². The van der Waals surface area contributed by atoms with E-state index in [0.717, 1.165) is 128 Å². The van der Waals surface area contributed by atoms with Crippen molar-refractivity contribution in [2.75, 3.05) is 65.6 Å². The van der Waals surface area contributed by atoms with Crippen molar-refractivity contribution < 1.29 is 24.5 Å². The first kappa shape index (κ1) is 59.1. The highest BCUT2D eigenvalue weighted by Crippen LogP contribution is 2.30. The predicted octanol–water partition coefficient (Wildman–Crippen LogP) is 14.2. The molecule has 8 nitrogen and oxygen atoms in total. The van der Waals surface area contributed by atoms with Gasteiger partial charge in [-0.05, 0) is 102 Å². The van der Waals surface area contributed by atoms with Crippen molar-refractivity contribution in [1.82, 2.24) is 15.1 Å². The van der Waals surface area contributed by atoms with Gasteiger partial charge in [-0.2, -0.15) is 0 Å². The zero-order chi connectivity index (χ0) is 45.0. The van der Waals surface area contributed by atoms with Gasteiger partial charge in [-0.25, -0.2) is 4.79 Å². The molecule has 4 unspecified atom stereocenters. The lowest BCUT2D eigenvalue weighted by Gasteiger charge is -2.31. The Hall–Kier alpha value is -0.930. The van der Waals surface area contributed by atoms with E-state index in [1.165, 1.54) is 154 Å². The van der Waals surface area contributed by atoms with Gasteiger partial charge in [-0.3, -0.25) is 0 Å². The minimum absolute atomic E-state index is 0.0981. The lowest BCUT2D eigenvalue weighted by Crippen LogP contribution is -2.38. The number of hydrogen-bond acceptors (Lipinski definition) is 7. The molecule has 1 fully saturated rings. The Bertz CT molecular complexity index is 927. The minimum atomic E-state index is -0.667. The SMILES string of the molecule is CCCCCCCCCCN(CCCCCCCC)C(=O)OCCCCCCN(CCCCO)CCCCCCOC(O)C1CCCCC(CCC)C(CCCCCC)CNC1. The van der Waals surface area contributed by atoms with Gasteiger partial charge in [0.2, 0.25) is 0 Å². The molecule has 1 heterocycles. The molecule has 0 spiro atoms. The number of unbranched alkanes of at least 4 members (excludes halogenated alkanes) is 22. The molecule has 3 N–H and O–H groups in total. The maximum atomic E-state index is 13.1. The summed E-state index contributed by atoms with van der Waals surface area (Å²) in [5.74, 6) is 1.79. The van der Waals surface area contributed by atoms with Crippen molar-refractivity contribution in [2.45, 2.75) is 259 Å². The van der Waals surface area contributed by atoms with E-state index in [4.69, 9.17) is 9.47 Å². The molecule has 0 aromatic rings. The van der Waals surface area contributed by atoms with Crippen LogP contribution in [0.3, 0.4) is 0 Å². The fraction of sp³-hybridized carbons (Fsp3) is 0.981. The summed E-state index contributed by atoms with van der Waals surface area (Å²) in [7, 11) is 0. The average Bonchev–Trinajstić information content (AvgIpc) is 3.27. The molecule has 1 aliphatic heterocycles. The maximum absolute atomic E-state index is 13.1. The van der Waals surface area contributed by atoms with Gasteiger partial charge in [-0.1, -0.05) is 188 Å². The Kier molecular flexibility index (Phi) is 43.1. The number of rotatable bonds is 43. The number of nitrogens with zero attached hydrogens (tertiary/aromatic N) is 2. The monoisotopic (exact) mass is 880 g/mol. The molecule has 0 aromatic heterocycles. The van der Waals surface area contributed by atoms with Gasteiger partial charge in [-0.15, -0.1) is 0 Å². The number of carbonyl (C=O) groups excluding carboxylic acids is 1. The summed E-state index contributed by atoms with van der Waals surface area (Å²) < 4.78 is 11.9. The van der Waals surface area contributed by atoms with Crippen molar-refractivity contribution >= 4 is 6.09 Å². The molecule has 1 saturated heterocycles. The van der Waals surface area contributed by atoms with Crippen LogP contribution in [-0.2, 0) is 9.47 Å². The van der Waals surface area contributed by atoms with E-state index in [1.807, 2.05) is 4.90 Å². The molecular weight excluding hydrogens is 771 g/mol. The molecule has 0 radical (unpaired) electrons. The highest BCUT2D eigenvalue weighted by Gasteiger charge is 2.25. The molecule has 0 bridgehead atoms. The van der Waals surface area contributed by atoms with E-state index in [-0.39, 0.29) is 18.6 Å². The van der Waals surface area contributed by atoms with E-state index in [1.54, 1.807) is 0 Å². The molecule has 1 rings (SSSR count). The largest absolute Gasteiger partial charge is 0.449 e. The molecule has 1 aliphatic rings. The van der Waals surface area contributed by atoms with Crippen LogP contribution in [0.5, 0.6) is 0 Å². The number of amides is 1. The van der Waals surface area contributed by atoms with Gasteiger partial charge in [0, 0.05) is 38.8 Å². The van der Waals surface area contributed by atoms with Crippen LogP contribution in [-0.4, -0.2) is 98.0 Å². The van der Waals surface area contributed by atoms with Crippen molar-refractivity contribution in [1.29, 1.82) is 0 Å². The van der Waals surface area contributed by atoms with Gasteiger partial charge in [0.25, 0.3) is 0 Å². The third kappa shape index (κ3) is 34.4. The summed E-state index contributed by atoms with van der Waals surface area (Å²) in [6, 6.07) is 0. The summed E-state index contributed by atoms with van der Waals surface area (Å²) in [6.45, 7) is 17.5. The summed E-state index contributed by atoms with van der Waals surface area (Å²) in [5, 5.41) is 24.2. The van der Waals surface area contributed by atoms with E-state index in [2.05, 4.69) is 37.9 Å². The van der Waals surface area contributed by atoms with Crippen LogP contribution < -0.4 is 5.32 Å². The zero-order valence-electron chi connectivity index (χ0n) is 42.1. The van der Waals surface area contributed by atoms with E-state index < -0.39 is 6.29 Å². The Morgan fingerprint density at radius 2 is 1.02 bits per heavy atom. The second kappa shape index (κ2) is 45.2. The second-order valence-electron chi connectivity index (χ2n) is 19.6. The second-order valence-corrected chi connectivity index (χ2v) is 19.6. The first-order chi connectivity index (χ1) is 30.5. The highest BCUT2D eigenvalue weighted by atomic mass is 16.6. The number of aliphatic hydroxyl groups excluding tert-OH is 2. The third-order valence-corrected chi connectivity index (χ3v) is 13.8. The number of hydrogen-bond donors (Lipinski definition) is 3. The van der Waals surface area contributed by atoms with Crippen LogP contribution in [0.1, 0.15) is 252 Å². The minimum Gasteiger partial charge on any atom is -0.449 e. The summed E-state index contributed by atoms with van der Waals surface area (Å²) in [6.07, 6.45) is 41.9. The fourth-order valence-electron chi connectivity index (χ4n) is 9.71. The first-order valence-electron chi connectivity index (χ1n) is 27.8. The normalized spacial score (nSPS) is 18.0. The molecule has 0 aliphatic carbocycles. The van der Waals surface area contributed by atoms with Crippen LogP contribution >= 0.6 is 0 Å². The molecule has 0 aromatic carbocycles. The van der Waals surface area contributed by atoms with Gasteiger partial charge in [0.05, 0.1) is 6.61 Å². The Labute approximate surface area is 386 Å². The van der Waals surface area contributed by atoms with Crippen LogP contribution in [0, 0.1) is 17.8 Å². The first-order valence-corrected chi connectivity index (χ1v) is 27.8. The number of nitrogens with one attached hydrogen (secondary N) is 1. The fourth-order valence-corrected chi connectivity index (χ4v) is 9.71. The smallest absolute Gasteiger partial charge is 0.409 e. The molecule has 1 amide bonds. The number of ether oxygens (including phenoxy) is 2. The predicted molar refractivity (Wildman–Crippen MR) is 266 cm³/mol. The van der Waals surface area contributed by atoms with Crippen LogP contribution in [0.4, 0.5) is 4.79 Å². The molecule has 370 valence electrons. The van der Waals surface area contributed by atoms with Gasteiger partial charge in [0.1, 0.15) is 0 Å². The van der Waals surface area contributed by atoms with Crippen LogP contribution in [0.25, 0.3) is 0 Å². The third-order valence-electron chi connectivity index (χ3n) is 13.8. The van der Waals surface area contributed by atoms with Crippen molar-refractivity contribution in [3.63, 3.8) is 0 Å². The summed E-state index contributed by atoms with van der Waals surface area (Å²) in [4.78, 5) is 17.7. The van der Waals surface area contributed by atoms with Crippen molar-refractivity contribution in [2.24, 2.45) is 17.8 Å². The standard InChI is InChI=1S/C54H109N3O5/c1-5-9-12-15-17-18-20-31-44-57(43-30-19-16-13-10-6-2)54(60)62-47-35-24-22-29-41-56(42-32-33-45-58)40-28-21-23-34-46-61-53(59)52-39-27-26-37-50(36-8-4)51(48-55-49-52)38-25-14-11-7-3/h50-53,55,58-59H,5-49H2,1-4H3.